The highest BCUT2D eigenvalue weighted by atomic mass is 35.5. The molecule has 0 spiro atoms. The predicted molar refractivity (Wildman–Crippen MR) is 90.6 cm³/mol. The maximum Gasteiger partial charge on any atom is 0.212 e. The first-order valence-electron chi connectivity index (χ1n) is 7.73. The van der Waals surface area contributed by atoms with Crippen LogP contribution in [0.3, 0.4) is 0 Å². The van der Waals surface area contributed by atoms with E-state index in [1.165, 1.54) is 37.8 Å². The monoisotopic (exact) mass is 332 g/mol. The molecular weight excluding hydrogens is 316 g/mol. The summed E-state index contributed by atoms with van der Waals surface area (Å²) in [6, 6.07) is 7.68. The number of rotatable bonds is 2. The molecule has 4 rings (SSSR count). The van der Waals surface area contributed by atoms with Gasteiger partial charge in [-0.1, -0.05) is 42.6 Å². The summed E-state index contributed by atoms with van der Waals surface area (Å²) in [6.07, 6.45) is 6.56. The van der Waals surface area contributed by atoms with Gasteiger partial charge in [0.1, 0.15) is 0 Å². The van der Waals surface area contributed by atoms with Crippen molar-refractivity contribution in [3.63, 3.8) is 0 Å². The molecule has 0 atom stereocenters. The Labute approximate surface area is 139 Å². The molecule has 1 saturated carbocycles. The number of benzene rings is 1. The van der Waals surface area contributed by atoms with Crippen LogP contribution in [-0.2, 0) is 0 Å². The number of fused-ring (bicyclic) bond motifs is 1. The average molecular weight is 333 g/mol. The third-order valence-electron chi connectivity index (χ3n) is 4.37. The van der Waals surface area contributed by atoms with Crippen molar-refractivity contribution in [1.29, 1.82) is 0 Å². The molecule has 0 saturated heterocycles. The number of nitrogens with zero attached hydrogens (tertiary/aromatic N) is 4. The van der Waals surface area contributed by atoms with Gasteiger partial charge in [-0.2, -0.15) is 9.78 Å². The SMILES string of the molecule is Clc1ccc(-c2nnc3n2N=C(C2CCCCC2)CS3)cc1. The molecule has 0 N–H and O–H groups in total. The highest BCUT2D eigenvalue weighted by Crippen LogP contribution is 2.32. The van der Waals surface area contributed by atoms with Gasteiger partial charge in [-0.15, -0.1) is 10.2 Å². The van der Waals surface area contributed by atoms with Crippen LogP contribution in [0.5, 0.6) is 0 Å². The second-order valence-electron chi connectivity index (χ2n) is 5.84. The second kappa shape index (κ2) is 6.05. The number of hydrogen-bond acceptors (Lipinski definition) is 4. The molecule has 22 heavy (non-hydrogen) atoms. The Hall–Kier alpha value is -1.33. The molecular formula is C16H17ClN4S. The van der Waals surface area contributed by atoms with Crippen LogP contribution in [0.15, 0.2) is 34.5 Å². The lowest BCUT2D eigenvalue weighted by atomic mass is 9.86. The smallest absolute Gasteiger partial charge is 0.187 e. The minimum Gasteiger partial charge on any atom is -0.187 e. The van der Waals surface area contributed by atoms with Gasteiger partial charge in [-0.25, -0.2) is 0 Å². The molecule has 2 aliphatic rings. The van der Waals surface area contributed by atoms with Crippen LogP contribution in [0, 0.1) is 5.92 Å². The summed E-state index contributed by atoms with van der Waals surface area (Å²) in [6.45, 7) is 0. The Morgan fingerprint density at radius 2 is 1.82 bits per heavy atom. The molecule has 1 aromatic carbocycles. The Bertz CT molecular complexity index is 701. The zero-order valence-electron chi connectivity index (χ0n) is 12.2. The van der Waals surface area contributed by atoms with Crippen molar-refractivity contribution < 1.29 is 0 Å². The molecule has 6 heteroatoms. The maximum atomic E-state index is 5.97. The first kappa shape index (κ1) is 14.3. The lowest BCUT2D eigenvalue weighted by Crippen LogP contribution is -2.23. The highest BCUT2D eigenvalue weighted by Gasteiger charge is 2.25. The van der Waals surface area contributed by atoms with Gasteiger partial charge in [0.25, 0.3) is 0 Å². The Morgan fingerprint density at radius 3 is 2.59 bits per heavy atom. The fraction of sp³-hybridized carbons (Fsp3) is 0.438. The van der Waals surface area contributed by atoms with E-state index < -0.39 is 0 Å². The fourth-order valence-corrected chi connectivity index (χ4v) is 4.20. The zero-order valence-corrected chi connectivity index (χ0v) is 13.8. The van der Waals surface area contributed by atoms with Crippen molar-refractivity contribution in [1.82, 2.24) is 14.9 Å². The van der Waals surface area contributed by atoms with Crippen LogP contribution in [0.1, 0.15) is 32.1 Å². The summed E-state index contributed by atoms with van der Waals surface area (Å²) in [7, 11) is 0. The van der Waals surface area contributed by atoms with Crippen molar-refractivity contribution in [3.05, 3.63) is 29.3 Å². The maximum absolute atomic E-state index is 5.97. The zero-order chi connectivity index (χ0) is 14.9. The summed E-state index contributed by atoms with van der Waals surface area (Å²) in [5.74, 6) is 2.38. The van der Waals surface area contributed by atoms with Gasteiger partial charge in [0.15, 0.2) is 5.82 Å². The summed E-state index contributed by atoms with van der Waals surface area (Å²) in [5.41, 5.74) is 2.30. The minimum atomic E-state index is 0.634. The predicted octanol–water partition coefficient (Wildman–Crippen LogP) is 4.49. The van der Waals surface area contributed by atoms with Gasteiger partial charge in [0, 0.05) is 16.3 Å². The third-order valence-corrected chi connectivity index (χ3v) is 5.57. The Balaban J connectivity index is 1.69. The quantitative estimate of drug-likeness (QED) is 0.813. The minimum absolute atomic E-state index is 0.634. The van der Waals surface area contributed by atoms with Gasteiger partial charge < -0.3 is 0 Å². The topological polar surface area (TPSA) is 43.1 Å². The summed E-state index contributed by atoms with van der Waals surface area (Å²) in [5, 5.41) is 15.1. The average Bonchev–Trinajstić information content (AvgIpc) is 2.99. The molecule has 4 nitrogen and oxygen atoms in total. The van der Waals surface area contributed by atoms with E-state index in [-0.39, 0.29) is 0 Å². The van der Waals surface area contributed by atoms with E-state index in [1.807, 2.05) is 28.9 Å². The first-order chi connectivity index (χ1) is 10.8. The number of hydrogen-bond donors (Lipinski definition) is 0. The third kappa shape index (κ3) is 2.68. The largest absolute Gasteiger partial charge is 0.212 e. The lowest BCUT2D eigenvalue weighted by molar-refractivity contribution is 0.436. The molecule has 2 aromatic rings. The molecule has 0 unspecified atom stereocenters. The second-order valence-corrected chi connectivity index (χ2v) is 7.22. The van der Waals surface area contributed by atoms with E-state index in [0.29, 0.717) is 5.92 Å². The summed E-state index contributed by atoms with van der Waals surface area (Å²) in [4.78, 5) is 0. The van der Waals surface area contributed by atoms with Crippen molar-refractivity contribution >= 4 is 29.1 Å². The van der Waals surface area contributed by atoms with E-state index in [2.05, 4.69) is 10.2 Å². The van der Waals surface area contributed by atoms with Gasteiger partial charge in [-0.05, 0) is 43.0 Å². The molecule has 2 heterocycles. The molecule has 0 radical (unpaired) electrons. The summed E-state index contributed by atoms with van der Waals surface area (Å²) >= 11 is 7.71. The standard InChI is InChI=1S/C16H17ClN4S/c17-13-8-6-12(7-9-13)15-18-19-16-21(15)20-14(10-22-16)11-4-2-1-3-5-11/h6-9,11H,1-5,10H2. The molecule has 1 aliphatic heterocycles. The van der Waals surface area contributed by atoms with Gasteiger partial charge in [-0.3, -0.25) is 0 Å². The summed E-state index contributed by atoms with van der Waals surface area (Å²) < 4.78 is 1.90. The number of aromatic nitrogens is 3. The van der Waals surface area contributed by atoms with Gasteiger partial charge >= 0.3 is 0 Å². The normalized spacial score (nSPS) is 18.9. The van der Waals surface area contributed by atoms with Crippen LogP contribution >= 0.6 is 23.4 Å². The van der Waals surface area contributed by atoms with Crippen LogP contribution in [0.25, 0.3) is 11.4 Å². The molecule has 0 bridgehead atoms. The molecule has 1 aliphatic carbocycles. The molecule has 114 valence electrons. The van der Waals surface area contributed by atoms with Crippen molar-refractivity contribution in [2.45, 2.75) is 37.3 Å². The Kier molecular flexibility index (Phi) is 3.92. The number of thioether (sulfide) groups is 1. The van der Waals surface area contributed by atoms with Gasteiger partial charge in [0.05, 0.1) is 5.71 Å². The number of halogens is 1. The van der Waals surface area contributed by atoms with E-state index in [1.54, 1.807) is 11.8 Å². The van der Waals surface area contributed by atoms with E-state index in [9.17, 15) is 0 Å². The van der Waals surface area contributed by atoms with E-state index >= 15 is 0 Å². The first-order valence-corrected chi connectivity index (χ1v) is 9.09. The van der Waals surface area contributed by atoms with E-state index in [0.717, 1.165) is 27.3 Å². The molecule has 1 fully saturated rings. The van der Waals surface area contributed by atoms with Crippen LogP contribution < -0.4 is 0 Å². The molecule has 1 aromatic heterocycles. The van der Waals surface area contributed by atoms with E-state index in [4.69, 9.17) is 16.7 Å². The lowest BCUT2D eigenvalue weighted by Gasteiger charge is -2.25. The van der Waals surface area contributed by atoms with Crippen molar-refractivity contribution in [2.24, 2.45) is 11.0 Å². The van der Waals surface area contributed by atoms with Crippen LogP contribution in [-0.4, -0.2) is 26.3 Å². The van der Waals surface area contributed by atoms with Crippen molar-refractivity contribution in [2.75, 3.05) is 5.75 Å². The fourth-order valence-electron chi connectivity index (χ4n) is 3.16. The van der Waals surface area contributed by atoms with Gasteiger partial charge in [0.2, 0.25) is 5.16 Å². The van der Waals surface area contributed by atoms with Crippen LogP contribution in [0.4, 0.5) is 0 Å². The van der Waals surface area contributed by atoms with Crippen molar-refractivity contribution in [3.8, 4) is 11.4 Å². The van der Waals surface area contributed by atoms with Crippen LogP contribution in [0.2, 0.25) is 5.02 Å². The highest BCUT2D eigenvalue weighted by molar-refractivity contribution is 7.99. The Morgan fingerprint density at radius 1 is 1.05 bits per heavy atom. The molecule has 0 amide bonds.